The average molecular weight is 355 g/mol. The summed E-state index contributed by atoms with van der Waals surface area (Å²) < 4.78 is 63.4. The zero-order chi connectivity index (χ0) is 17.6. The quantitative estimate of drug-likeness (QED) is 0.856. The molecule has 2 rings (SSSR count). The first-order valence-electron chi connectivity index (χ1n) is 7.15. The zero-order valence-corrected chi connectivity index (χ0v) is 13.4. The van der Waals surface area contributed by atoms with Crippen LogP contribution < -0.4 is 4.72 Å². The van der Waals surface area contributed by atoms with Crippen LogP contribution in [0.1, 0.15) is 16.7 Å². The highest BCUT2D eigenvalue weighted by atomic mass is 32.2. The van der Waals surface area contributed by atoms with Gasteiger partial charge in [-0.15, -0.1) is 0 Å². The summed E-state index contributed by atoms with van der Waals surface area (Å²) in [5.41, 5.74) is 0.654. The molecule has 0 radical (unpaired) electrons. The van der Waals surface area contributed by atoms with Gasteiger partial charge in [0.05, 0.1) is 5.56 Å². The number of halogens is 3. The van der Waals surface area contributed by atoms with Gasteiger partial charge in [0.15, 0.2) is 0 Å². The molecule has 0 saturated heterocycles. The largest absolute Gasteiger partial charge is 0.416 e. The first-order chi connectivity index (χ1) is 11.3. The molecule has 0 spiro atoms. The van der Waals surface area contributed by atoms with Crippen molar-refractivity contribution in [3.05, 3.63) is 76.7 Å². The van der Waals surface area contributed by atoms with Crippen molar-refractivity contribution >= 4 is 16.1 Å². The number of alkyl halides is 3. The van der Waals surface area contributed by atoms with E-state index < -0.39 is 21.8 Å². The molecule has 2 aromatic rings. The Bertz CT molecular complexity index is 783. The minimum Gasteiger partial charge on any atom is -0.211 e. The molecule has 0 bridgehead atoms. The predicted molar refractivity (Wildman–Crippen MR) is 87.5 cm³/mol. The van der Waals surface area contributed by atoms with Gasteiger partial charge < -0.3 is 0 Å². The molecule has 1 N–H and O–H groups in total. The first kappa shape index (κ1) is 18.2. The van der Waals surface area contributed by atoms with Crippen LogP contribution in [0.15, 0.2) is 60.0 Å². The minimum atomic E-state index is -4.37. The molecular weight excluding hydrogens is 339 g/mol. The molecule has 0 aliphatic heterocycles. The van der Waals surface area contributed by atoms with Crippen molar-refractivity contribution in [2.75, 3.05) is 6.54 Å². The first-order valence-corrected chi connectivity index (χ1v) is 8.70. The monoisotopic (exact) mass is 355 g/mol. The summed E-state index contributed by atoms with van der Waals surface area (Å²) in [6, 6.07) is 13.6. The van der Waals surface area contributed by atoms with E-state index in [1.165, 1.54) is 18.2 Å². The van der Waals surface area contributed by atoms with Gasteiger partial charge >= 0.3 is 6.18 Å². The van der Waals surface area contributed by atoms with E-state index in [4.69, 9.17) is 0 Å². The molecule has 128 valence electrons. The Balaban J connectivity index is 1.88. The van der Waals surface area contributed by atoms with Crippen LogP contribution in [0.4, 0.5) is 13.2 Å². The van der Waals surface area contributed by atoms with Crippen LogP contribution in [0.25, 0.3) is 6.08 Å². The smallest absolute Gasteiger partial charge is 0.211 e. The maximum Gasteiger partial charge on any atom is 0.416 e. The van der Waals surface area contributed by atoms with Crippen LogP contribution >= 0.6 is 0 Å². The van der Waals surface area contributed by atoms with E-state index in [2.05, 4.69) is 4.72 Å². The van der Waals surface area contributed by atoms with Gasteiger partial charge in [-0.3, -0.25) is 0 Å². The summed E-state index contributed by atoms with van der Waals surface area (Å²) in [6.07, 6.45) is -2.60. The van der Waals surface area contributed by atoms with Gasteiger partial charge in [-0.05, 0) is 35.8 Å². The number of sulfonamides is 1. The highest BCUT2D eigenvalue weighted by Crippen LogP contribution is 2.29. The Morgan fingerprint density at radius 3 is 2.17 bits per heavy atom. The van der Waals surface area contributed by atoms with Crippen LogP contribution in [0.5, 0.6) is 0 Å². The summed E-state index contributed by atoms with van der Waals surface area (Å²) in [5, 5.41) is 1.06. The fraction of sp³-hybridized carbons (Fsp3) is 0.176. The number of nitrogens with one attached hydrogen (secondary N) is 1. The van der Waals surface area contributed by atoms with Crippen LogP contribution in [-0.4, -0.2) is 15.0 Å². The van der Waals surface area contributed by atoms with Gasteiger partial charge in [0.25, 0.3) is 0 Å². The lowest BCUT2D eigenvalue weighted by molar-refractivity contribution is -0.137. The number of rotatable bonds is 6. The second-order valence-corrected chi connectivity index (χ2v) is 6.75. The van der Waals surface area contributed by atoms with Gasteiger partial charge in [-0.1, -0.05) is 42.5 Å². The topological polar surface area (TPSA) is 46.2 Å². The number of hydrogen-bond acceptors (Lipinski definition) is 2. The predicted octanol–water partition coefficient (Wildman–Crippen LogP) is 3.84. The Labute approximate surface area is 138 Å². The van der Waals surface area contributed by atoms with E-state index in [0.29, 0.717) is 12.0 Å². The maximum atomic E-state index is 12.5. The van der Waals surface area contributed by atoms with Gasteiger partial charge in [0, 0.05) is 12.0 Å². The fourth-order valence-electron chi connectivity index (χ4n) is 1.98. The van der Waals surface area contributed by atoms with Gasteiger partial charge in [-0.2, -0.15) is 13.2 Å². The molecule has 0 unspecified atom stereocenters. The molecular formula is C17H16F3NO2S. The van der Waals surface area contributed by atoms with Crippen molar-refractivity contribution in [1.29, 1.82) is 0 Å². The van der Waals surface area contributed by atoms with Crippen LogP contribution in [-0.2, 0) is 22.6 Å². The van der Waals surface area contributed by atoms with Crippen molar-refractivity contribution in [3.8, 4) is 0 Å². The SMILES string of the molecule is O=S(=O)(C=Cc1ccccc1)NCCc1ccc(C(F)(F)F)cc1. The van der Waals surface area contributed by atoms with Crippen molar-refractivity contribution in [2.45, 2.75) is 12.6 Å². The van der Waals surface area contributed by atoms with E-state index in [0.717, 1.165) is 23.1 Å². The molecule has 2 aromatic carbocycles. The lowest BCUT2D eigenvalue weighted by atomic mass is 10.1. The molecule has 0 aliphatic rings. The lowest BCUT2D eigenvalue weighted by Crippen LogP contribution is -2.23. The van der Waals surface area contributed by atoms with Crippen LogP contribution in [0.3, 0.4) is 0 Å². The van der Waals surface area contributed by atoms with Gasteiger partial charge in [-0.25, -0.2) is 13.1 Å². The molecule has 0 heterocycles. The third-order valence-electron chi connectivity index (χ3n) is 3.24. The Hall–Kier alpha value is -2.12. The lowest BCUT2D eigenvalue weighted by Gasteiger charge is -2.08. The van der Waals surface area contributed by atoms with Crippen molar-refractivity contribution in [2.24, 2.45) is 0 Å². The van der Waals surface area contributed by atoms with Crippen LogP contribution in [0.2, 0.25) is 0 Å². The summed E-state index contributed by atoms with van der Waals surface area (Å²) >= 11 is 0. The molecule has 24 heavy (non-hydrogen) atoms. The Morgan fingerprint density at radius 2 is 1.58 bits per heavy atom. The average Bonchev–Trinajstić information content (AvgIpc) is 2.54. The van der Waals surface area contributed by atoms with E-state index in [-0.39, 0.29) is 6.54 Å². The highest BCUT2D eigenvalue weighted by Gasteiger charge is 2.29. The van der Waals surface area contributed by atoms with E-state index in [1.54, 1.807) is 24.3 Å². The van der Waals surface area contributed by atoms with Crippen LogP contribution in [0, 0.1) is 0 Å². The molecule has 7 heteroatoms. The highest BCUT2D eigenvalue weighted by molar-refractivity contribution is 7.92. The fourth-order valence-corrected chi connectivity index (χ4v) is 2.80. The molecule has 0 aliphatic carbocycles. The van der Waals surface area contributed by atoms with E-state index in [1.807, 2.05) is 6.07 Å². The summed E-state index contributed by atoms with van der Waals surface area (Å²) in [4.78, 5) is 0. The summed E-state index contributed by atoms with van der Waals surface area (Å²) in [6.45, 7) is 0.104. The zero-order valence-electron chi connectivity index (χ0n) is 12.6. The molecule has 0 atom stereocenters. The summed E-state index contributed by atoms with van der Waals surface area (Å²) in [5.74, 6) is 0. The standard InChI is InChI=1S/C17H16F3NO2S/c18-17(19,20)16-8-6-15(7-9-16)10-12-21-24(22,23)13-11-14-4-2-1-3-5-14/h1-9,11,13,21H,10,12H2. The third kappa shape index (κ3) is 5.82. The Morgan fingerprint density at radius 1 is 0.958 bits per heavy atom. The third-order valence-corrected chi connectivity index (χ3v) is 4.34. The maximum absolute atomic E-state index is 12.5. The number of benzene rings is 2. The van der Waals surface area contributed by atoms with Gasteiger partial charge in [0.2, 0.25) is 10.0 Å². The number of hydrogen-bond donors (Lipinski definition) is 1. The molecule has 0 aromatic heterocycles. The second kappa shape index (κ2) is 7.63. The van der Waals surface area contributed by atoms with Crippen molar-refractivity contribution < 1.29 is 21.6 Å². The summed E-state index contributed by atoms with van der Waals surface area (Å²) in [7, 11) is -3.59. The molecule has 3 nitrogen and oxygen atoms in total. The second-order valence-electron chi connectivity index (χ2n) is 5.10. The molecule has 0 saturated carbocycles. The van der Waals surface area contributed by atoms with Gasteiger partial charge in [0.1, 0.15) is 0 Å². The molecule has 0 fully saturated rings. The van der Waals surface area contributed by atoms with Crippen molar-refractivity contribution in [3.63, 3.8) is 0 Å². The van der Waals surface area contributed by atoms with Crippen molar-refractivity contribution in [1.82, 2.24) is 4.72 Å². The molecule has 0 amide bonds. The van der Waals surface area contributed by atoms with E-state index >= 15 is 0 Å². The minimum absolute atomic E-state index is 0.104. The Kier molecular flexibility index (Phi) is 5.80. The normalized spacial score (nSPS) is 12.6. The van der Waals surface area contributed by atoms with E-state index in [9.17, 15) is 21.6 Å².